The predicted molar refractivity (Wildman–Crippen MR) is 54.1 cm³/mol. The van der Waals surface area contributed by atoms with Crippen LogP contribution in [-0.4, -0.2) is 17.2 Å². The number of thiazole rings is 1. The number of rotatable bonds is 5. The molecule has 0 spiro atoms. The molecule has 0 aliphatic rings. The predicted octanol–water partition coefficient (Wildman–Crippen LogP) is 1.87. The Morgan fingerprint density at radius 1 is 1.67 bits per heavy atom. The molecule has 0 amide bonds. The van der Waals surface area contributed by atoms with Crippen molar-refractivity contribution in [3.63, 3.8) is 0 Å². The highest BCUT2D eigenvalue weighted by molar-refractivity contribution is 7.11. The van der Waals surface area contributed by atoms with Crippen LogP contribution in [0.3, 0.4) is 0 Å². The van der Waals surface area contributed by atoms with Crippen LogP contribution in [0.15, 0.2) is 0 Å². The fourth-order valence-electron chi connectivity index (χ4n) is 1.06. The van der Waals surface area contributed by atoms with Crippen molar-refractivity contribution in [2.24, 2.45) is 0 Å². The highest BCUT2D eigenvalue weighted by atomic mass is 32.1. The lowest BCUT2D eigenvalue weighted by Crippen LogP contribution is -2.05. The van der Waals surface area contributed by atoms with Crippen molar-refractivity contribution in [2.75, 3.05) is 7.11 Å². The van der Waals surface area contributed by atoms with Gasteiger partial charge in [-0.1, -0.05) is 0 Å². The van der Waals surface area contributed by atoms with Gasteiger partial charge in [0.1, 0.15) is 5.01 Å². The monoisotopic (exact) mass is 232 g/mol. The van der Waals surface area contributed by atoms with Gasteiger partial charge in [0, 0.05) is 7.11 Å². The van der Waals surface area contributed by atoms with Crippen molar-refractivity contribution in [3.05, 3.63) is 25.7 Å². The minimum atomic E-state index is -0.808. The maximum atomic E-state index is 10.1. The van der Waals surface area contributed by atoms with Crippen LogP contribution in [0.5, 0.6) is 0 Å². The standard InChI is InChI=1S/C8H12N2O4S/c1-5-7(4-13-3)15-8(9-5)6(2)14-10(11)12/h6H,4H2,1-3H3. The van der Waals surface area contributed by atoms with Crippen molar-refractivity contribution in [1.29, 1.82) is 0 Å². The average Bonchev–Trinajstić information content (AvgIpc) is 2.47. The zero-order valence-corrected chi connectivity index (χ0v) is 9.54. The molecule has 1 unspecified atom stereocenters. The first kappa shape index (κ1) is 11.9. The second-order valence-corrected chi connectivity index (χ2v) is 4.08. The van der Waals surface area contributed by atoms with Gasteiger partial charge < -0.3 is 9.57 Å². The van der Waals surface area contributed by atoms with Gasteiger partial charge in [-0.15, -0.1) is 21.5 Å². The fraction of sp³-hybridized carbons (Fsp3) is 0.625. The van der Waals surface area contributed by atoms with Crippen LogP contribution in [-0.2, 0) is 16.2 Å². The first-order valence-electron chi connectivity index (χ1n) is 4.31. The van der Waals surface area contributed by atoms with E-state index >= 15 is 0 Å². The minimum absolute atomic E-state index is 0.467. The van der Waals surface area contributed by atoms with Gasteiger partial charge in [0.15, 0.2) is 6.10 Å². The number of methoxy groups -OCH3 is 1. The molecule has 0 N–H and O–H groups in total. The average molecular weight is 232 g/mol. The molecule has 0 fully saturated rings. The van der Waals surface area contributed by atoms with E-state index in [2.05, 4.69) is 9.82 Å². The highest BCUT2D eigenvalue weighted by Gasteiger charge is 2.16. The van der Waals surface area contributed by atoms with E-state index in [0.717, 1.165) is 10.6 Å². The molecule has 1 aromatic rings. The number of ether oxygens (including phenoxy) is 1. The first-order valence-corrected chi connectivity index (χ1v) is 5.12. The number of aryl methyl sites for hydroxylation is 1. The van der Waals surface area contributed by atoms with Crippen LogP contribution in [0, 0.1) is 17.0 Å². The lowest BCUT2D eigenvalue weighted by atomic mass is 10.4. The van der Waals surface area contributed by atoms with Crippen molar-refractivity contribution < 1.29 is 14.7 Å². The summed E-state index contributed by atoms with van der Waals surface area (Å²) in [5.41, 5.74) is 0.829. The van der Waals surface area contributed by atoms with E-state index in [-0.39, 0.29) is 0 Å². The Balaban J connectivity index is 2.77. The van der Waals surface area contributed by atoms with E-state index in [1.54, 1.807) is 14.0 Å². The van der Waals surface area contributed by atoms with Crippen LogP contribution in [0.4, 0.5) is 0 Å². The summed E-state index contributed by atoms with van der Waals surface area (Å²) in [6.45, 7) is 3.90. The second kappa shape index (κ2) is 5.04. The van der Waals surface area contributed by atoms with Crippen molar-refractivity contribution in [2.45, 2.75) is 26.6 Å². The molecule has 1 rings (SSSR count). The lowest BCUT2D eigenvalue weighted by Gasteiger charge is -2.03. The van der Waals surface area contributed by atoms with Crippen molar-refractivity contribution in [3.8, 4) is 0 Å². The largest absolute Gasteiger partial charge is 0.379 e. The molecular weight excluding hydrogens is 220 g/mol. The molecule has 1 heterocycles. The number of hydrogen-bond acceptors (Lipinski definition) is 6. The van der Waals surface area contributed by atoms with Gasteiger partial charge in [0.05, 0.1) is 17.2 Å². The smallest absolute Gasteiger partial charge is 0.295 e. The van der Waals surface area contributed by atoms with Gasteiger partial charge in [-0.25, -0.2) is 4.98 Å². The topological polar surface area (TPSA) is 74.5 Å². The Hall–Kier alpha value is -1.21. The zero-order valence-electron chi connectivity index (χ0n) is 8.72. The molecular formula is C8H12N2O4S. The van der Waals surface area contributed by atoms with Crippen LogP contribution >= 0.6 is 11.3 Å². The van der Waals surface area contributed by atoms with E-state index in [9.17, 15) is 10.1 Å². The zero-order chi connectivity index (χ0) is 11.4. The number of nitrogens with zero attached hydrogens (tertiary/aromatic N) is 2. The van der Waals surface area contributed by atoms with Gasteiger partial charge in [0.25, 0.3) is 5.09 Å². The van der Waals surface area contributed by atoms with Gasteiger partial charge >= 0.3 is 0 Å². The maximum Gasteiger partial charge on any atom is 0.295 e. The van der Waals surface area contributed by atoms with E-state index in [0.29, 0.717) is 11.6 Å². The van der Waals surface area contributed by atoms with E-state index in [1.807, 2.05) is 6.92 Å². The lowest BCUT2D eigenvalue weighted by molar-refractivity contribution is -0.770. The summed E-state index contributed by atoms with van der Waals surface area (Å²) >= 11 is 1.37. The normalized spacial score (nSPS) is 12.5. The summed E-state index contributed by atoms with van der Waals surface area (Å²) < 4.78 is 4.98. The molecule has 84 valence electrons. The second-order valence-electron chi connectivity index (χ2n) is 2.96. The van der Waals surface area contributed by atoms with Crippen molar-refractivity contribution >= 4 is 11.3 Å². The maximum absolute atomic E-state index is 10.1. The van der Waals surface area contributed by atoms with E-state index in [4.69, 9.17) is 4.74 Å². The molecule has 6 nitrogen and oxygen atoms in total. The molecule has 0 aromatic carbocycles. The molecule has 0 bridgehead atoms. The van der Waals surface area contributed by atoms with Crippen LogP contribution < -0.4 is 0 Å². The molecule has 15 heavy (non-hydrogen) atoms. The third-order valence-corrected chi connectivity index (χ3v) is 3.07. The molecule has 0 radical (unpaired) electrons. The SMILES string of the molecule is COCc1sc(C(C)O[N+](=O)[O-])nc1C. The molecule has 0 saturated carbocycles. The number of hydrogen-bond donors (Lipinski definition) is 0. The molecule has 1 aromatic heterocycles. The van der Waals surface area contributed by atoms with Gasteiger partial charge in [-0.3, -0.25) is 0 Å². The third-order valence-electron chi connectivity index (χ3n) is 1.78. The Labute approximate surface area is 91.0 Å². The Morgan fingerprint density at radius 3 is 2.87 bits per heavy atom. The minimum Gasteiger partial charge on any atom is -0.379 e. The summed E-state index contributed by atoms with van der Waals surface area (Å²) in [6, 6.07) is 0. The molecule has 7 heteroatoms. The van der Waals surface area contributed by atoms with Crippen LogP contribution in [0.1, 0.15) is 28.6 Å². The summed E-state index contributed by atoms with van der Waals surface area (Å²) in [5.74, 6) is 0. The third kappa shape index (κ3) is 3.14. The molecule has 1 atom stereocenters. The quantitative estimate of drug-likeness (QED) is 0.572. The van der Waals surface area contributed by atoms with Gasteiger partial charge in [0.2, 0.25) is 0 Å². The molecule has 0 aliphatic heterocycles. The van der Waals surface area contributed by atoms with Crippen molar-refractivity contribution in [1.82, 2.24) is 4.98 Å². The van der Waals surface area contributed by atoms with E-state index < -0.39 is 11.2 Å². The summed E-state index contributed by atoms with van der Waals surface area (Å²) in [6.07, 6.45) is -0.630. The fourth-order valence-corrected chi connectivity index (χ4v) is 2.08. The van der Waals surface area contributed by atoms with Crippen LogP contribution in [0.2, 0.25) is 0 Å². The van der Waals surface area contributed by atoms with Crippen LogP contribution in [0.25, 0.3) is 0 Å². The van der Waals surface area contributed by atoms with E-state index in [1.165, 1.54) is 11.3 Å². The summed E-state index contributed by atoms with van der Waals surface area (Å²) in [5, 5.41) is 9.92. The Morgan fingerprint density at radius 2 is 2.33 bits per heavy atom. The highest BCUT2D eigenvalue weighted by Crippen LogP contribution is 2.26. The molecule has 0 saturated heterocycles. The Bertz CT molecular complexity index is 352. The summed E-state index contributed by atoms with van der Waals surface area (Å²) in [4.78, 5) is 19.7. The number of aromatic nitrogens is 1. The Kier molecular flexibility index (Phi) is 3.98. The summed E-state index contributed by atoms with van der Waals surface area (Å²) in [7, 11) is 1.59. The van der Waals surface area contributed by atoms with Gasteiger partial charge in [-0.05, 0) is 13.8 Å². The first-order chi connectivity index (χ1) is 7.04. The van der Waals surface area contributed by atoms with Gasteiger partial charge in [-0.2, -0.15) is 0 Å². The molecule has 0 aliphatic carbocycles.